The Hall–Kier alpha value is -2.70. The van der Waals surface area contributed by atoms with Crippen molar-refractivity contribution in [3.8, 4) is 11.4 Å². The van der Waals surface area contributed by atoms with Gasteiger partial charge in [0.1, 0.15) is 5.76 Å². The monoisotopic (exact) mass is 491 g/mol. The maximum absolute atomic E-state index is 12.5. The molecule has 3 aromatic heterocycles. The van der Waals surface area contributed by atoms with Crippen LogP contribution in [0.5, 0.6) is 0 Å². The second-order valence-electron chi connectivity index (χ2n) is 7.40. The molecule has 0 saturated carbocycles. The predicted molar refractivity (Wildman–Crippen MR) is 123 cm³/mol. The average molecular weight is 492 g/mol. The van der Waals surface area contributed by atoms with Crippen molar-refractivity contribution >= 4 is 40.1 Å². The summed E-state index contributed by atoms with van der Waals surface area (Å²) in [4.78, 5) is 28.4. The van der Waals surface area contributed by atoms with Crippen molar-refractivity contribution < 1.29 is 23.5 Å². The van der Waals surface area contributed by atoms with Gasteiger partial charge in [0.25, 0.3) is 0 Å². The molecule has 12 heteroatoms. The minimum Gasteiger partial charge on any atom is -0.469 e. The summed E-state index contributed by atoms with van der Waals surface area (Å²) in [7, 11) is 0. The summed E-state index contributed by atoms with van der Waals surface area (Å²) in [6, 6.07) is 1.86. The van der Waals surface area contributed by atoms with Crippen LogP contribution in [0.4, 0.5) is 5.13 Å². The Kier molecular flexibility index (Phi) is 7.78. The predicted octanol–water partition coefficient (Wildman–Crippen LogP) is 3.32. The minimum absolute atomic E-state index is 0.0809. The molecule has 0 bridgehead atoms. The third-order valence-corrected chi connectivity index (χ3v) is 6.76. The molecule has 10 nitrogen and oxygen atoms in total. The zero-order valence-electron chi connectivity index (χ0n) is 18.4. The van der Waals surface area contributed by atoms with Crippen LogP contribution in [0.2, 0.25) is 0 Å². The highest BCUT2D eigenvalue weighted by atomic mass is 32.2. The number of thioether (sulfide) groups is 1. The van der Waals surface area contributed by atoms with Crippen LogP contribution in [0.3, 0.4) is 0 Å². The maximum atomic E-state index is 12.5. The van der Waals surface area contributed by atoms with Crippen LogP contribution >= 0.6 is 23.1 Å². The van der Waals surface area contributed by atoms with Crippen molar-refractivity contribution in [3.63, 3.8) is 0 Å². The van der Waals surface area contributed by atoms with Crippen LogP contribution in [-0.2, 0) is 32.0 Å². The number of hydrogen-bond donors (Lipinski definition) is 1. The van der Waals surface area contributed by atoms with Gasteiger partial charge in [-0.3, -0.25) is 14.2 Å². The summed E-state index contributed by atoms with van der Waals surface area (Å²) in [5, 5.41) is 14.3. The smallest absolute Gasteiger partial charge is 0.311 e. The lowest BCUT2D eigenvalue weighted by Gasteiger charge is -2.14. The number of aryl methyl sites for hydroxylation is 1. The number of esters is 1. The summed E-state index contributed by atoms with van der Waals surface area (Å²) >= 11 is 2.57. The Balaban J connectivity index is 1.40. The van der Waals surface area contributed by atoms with Crippen LogP contribution in [0.1, 0.15) is 31.2 Å². The van der Waals surface area contributed by atoms with Crippen LogP contribution < -0.4 is 5.32 Å². The second-order valence-corrected chi connectivity index (χ2v) is 9.21. The Bertz CT molecular complexity index is 1100. The van der Waals surface area contributed by atoms with E-state index in [1.54, 1.807) is 18.6 Å². The van der Waals surface area contributed by atoms with Gasteiger partial charge >= 0.3 is 5.97 Å². The van der Waals surface area contributed by atoms with Gasteiger partial charge in [0.15, 0.2) is 16.1 Å². The number of hydrogen-bond acceptors (Lipinski definition) is 10. The van der Waals surface area contributed by atoms with Crippen LogP contribution in [0.15, 0.2) is 27.3 Å². The van der Waals surface area contributed by atoms with Crippen molar-refractivity contribution in [2.75, 3.05) is 24.3 Å². The molecular weight excluding hydrogens is 466 g/mol. The van der Waals surface area contributed by atoms with E-state index in [1.807, 2.05) is 17.6 Å². The van der Waals surface area contributed by atoms with E-state index in [9.17, 15) is 9.59 Å². The quantitative estimate of drug-likeness (QED) is 0.336. The molecular formula is C21H25N5O5S2. The Morgan fingerprint density at radius 2 is 2.27 bits per heavy atom. The molecule has 1 atom stereocenters. The fraction of sp³-hybridized carbons (Fsp3) is 0.476. The zero-order valence-corrected chi connectivity index (χ0v) is 20.0. The normalized spacial score (nSPS) is 15.6. The molecule has 0 radical (unpaired) electrons. The highest BCUT2D eigenvalue weighted by molar-refractivity contribution is 7.99. The van der Waals surface area contributed by atoms with Crippen molar-refractivity contribution in [3.05, 3.63) is 29.2 Å². The maximum Gasteiger partial charge on any atom is 0.311 e. The Morgan fingerprint density at radius 1 is 1.39 bits per heavy atom. The highest BCUT2D eigenvalue weighted by Gasteiger charge is 2.23. The first-order chi connectivity index (χ1) is 16.0. The average Bonchev–Trinajstić information content (AvgIpc) is 3.57. The van der Waals surface area contributed by atoms with E-state index in [1.165, 1.54) is 23.1 Å². The van der Waals surface area contributed by atoms with Crippen molar-refractivity contribution in [2.45, 2.75) is 50.9 Å². The standard InChI is InChI=1S/C21H25N5O5S2/c1-3-29-18(28)9-14-11-32-20(22-14)23-17(27)12-33-21-25-24-19(16-6-8-30-13(16)2)26(21)10-15-5-4-7-31-15/h6,8,11,15H,3-5,7,9-10,12H2,1-2H3,(H,22,23,27). The van der Waals surface area contributed by atoms with Gasteiger partial charge in [0.2, 0.25) is 5.91 Å². The zero-order chi connectivity index (χ0) is 23.2. The molecule has 4 rings (SSSR count). The van der Waals surface area contributed by atoms with E-state index >= 15 is 0 Å². The molecule has 1 aliphatic heterocycles. The molecule has 33 heavy (non-hydrogen) atoms. The lowest BCUT2D eigenvalue weighted by atomic mass is 10.2. The van der Waals surface area contributed by atoms with Gasteiger partial charge in [0, 0.05) is 12.0 Å². The van der Waals surface area contributed by atoms with E-state index in [0.717, 1.165) is 30.8 Å². The molecule has 1 aliphatic rings. The molecule has 1 amide bonds. The molecule has 176 valence electrons. The summed E-state index contributed by atoms with van der Waals surface area (Å²) in [6.07, 6.45) is 3.81. The topological polar surface area (TPSA) is 121 Å². The number of ether oxygens (including phenoxy) is 2. The number of aromatic nitrogens is 4. The van der Waals surface area contributed by atoms with E-state index in [2.05, 4.69) is 20.5 Å². The number of carbonyl (C=O) groups excluding carboxylic acids is 2. The molecule has 0 aliphatic carbocycles. The number of carbonyl (C=O) groups is 2. The highest BCUT2D eigenvalue weighted by Crippen LogP contribution is 2.29. The van der Waals surface area contributed by atoms with E-state index in [-0.39, 0.29) is 30.2 Å². The van der Waals surface area contributed by atoms with Gasteiger partial charge in [-0.05, 0) is 32.8 Å². The largest absolute Gasteiger partial charge is 0.469 e. The number of anilines is 1. The lowest BCUT2D eigenvalue weighted by molar-refractivity contribution is -0.142. The van der Waals surface area contributed by atoms with Crippen LogP contribution in [0.25, 0.3) is 11.4 Å². The first-order valence-electron chi connectivity index (χ1n) is 10.7. The first kappa shape index (κ1) is 23.5. The number of nitrogens with zero attached hydrogens (tertiary/aromatic N) is 4. The van der Waals surface area contributed by atoms with Gasteiger partial charge in [-0.25, -0.2) is 4.98 Å². The summed E-state index contributed by atoms with van der Waals surface area (Å²) < 4.78 is 18.2. The van der Waals surface area contributed by atoms with Crippen LogP contribution in [0, 0.1) is 6.92 Å². The van der Waals surface area contributed by atoms with Crippen molar-refractivity contribution in [2.24, 2.45) is 0 Å². The van der Waals surface area contributed by atoms with Gasteiger partial charge in [0.05, 0.1) is 48.9 Å². The molecule has 1 saturated heterocycles. The van der Waals surface area contributed by atoms with Gasteiger partial charge in [-0.1, -0.05) is 11.8 Å². The Morgan fingerprint density at radius 3 is 3.00 bits per heavy atom. The molecule has 4 heterocycles. The fourth-order valence-electron chi connectivity index (χ4n) is 3.46. The fourth-order valence-corrected chi connectivity index (χ4v) is 4.93. The molecule has 1 fully saturated rings. The molecule has 1 unspecified atom stereocenters. The second kappa shape index (κ2) is 10.9. The van der Waals surface area contributed by atoms with Crippen molar-refractivity contribution in [1.82, 2.24) is 19.7 Å². The summed E-state index contributed by atoms with van der Waals surface area (Å²) in [5.74, 6) is 1.03. The first-order valence-corrected chi connectivity index (χ1v) is 12.5. The number of nitrogens with one attached hydrogen (secondary N) is 1. The van der Waals surface area contributed by atoms with Gasteiger partial charge < -0.3 is 19.2 Å². The number of thiazole rings is 1. The SMILES string of the molecule is CCOC(=O)Cc1csc(NC(=O)CSc2nnc(-c3ccoc3C)n2CC2CCCO2)n1. The molecule has 3 aromatic rings. The third-order valence-electron chi connectivity index (χ3n) is 4.99. The van der Waals surface area contributed by atoms with E-state index < -0.39 is 0 Å². The van der Waals surface area contributed by atoms with Crippen LogP contribution in [-0.4, -0.2) is 56.7 Å². The van der Waals surface area contributed by atoms with Crippen molar-refractivity contribution in [1.29, 1.82) is 0 Å². The third kappa shape index (κ3) is 6.01. The minimum atomic E-state index is -0.342. The van der Waals surface area contributed by atoms with E-state index in [0.29, 0.717) is 35.0 Å². The number of amides is 1. The molecule has 1 N–H and O–H groups in total. The number of furan rings is 1. The number of rotatable bonds is 10. The van der Waals surface area contributed by atoms with E-state index in [4.69, 9.17) is 13.9 Å². The summed E-state index contributed by atoms with van der Waals surface area (Å²) in [5.41, 5.74) is 1.44. The van der Waals surface area contributed by atoms with Gasteiger partial charge in [-0.15, -0.1) is 21.5 Å². The lowest BCUT2D eigenvalue weighted by Crippen LogP contribution is -2.18. The van der Waals surface area contributed by atoms with Gasteiger partial charge in [-0.2, -0.15) is 0 Å². The summed E-state index contributed by atoms with van der Waals surface area (Å²) in [6.45, 7) is 5.32. The molecule has 0 spiro atoms. The molecule has 0 aromatic carbocycles. The Labute approximate surface area is 199 Å².